The van der Waals surface area contributed by atoms with Gasteiger partial charge in [0.25, 0.3) is 0 Å². The lowest BCUT2D eigenvalue weighted by Gasteiger charge is -2.23. The highest BCUT2D eigenvalue weighted by Crippen LogP contribution is 2.24. The van der Waals surface area contributed by atoms with Gasteiger partial charge in [0.1, 0.15) is 17.0 Å². The van der Waals surface area contributed by atoms with E-state index in [1.807, 2.05) is 54.6 Å². The molecule has 1 heterocycles. The molecule has 4 rings (SSSR count). The fraction of sp³-hybridized carbons (Fsp3) is 0.167. The first-order valence-electron chi connectivity index (χ1n) is 10.1. The normalized spacial score (nSPS) is 11.3. The van der Waals surface area contributed by atoms with E-state index in [9.17, 15) is 4.79 Å². The smallest absolute Gasteiger partial charge is 0.242 e. The summed E-state index contributed by atoms with van der Waals surface area (Å²) in [5.41, 5.74) is 8.13. The Morgan fingerprint density at radius 3 is 2.38 bits per heavy atom. The zero-order valence-electron chi connectivity index (χ0n) is 17.8. The van der Waals surface area contributed by atoms with Crippen molar-refractivity contribution in [2.24, 2.45) is 5.73 Å². The van der Waals surface area contributed by atoms with E-state index in [1.54, 1.807) is 26.0 Å². The van der Waals surface area contributed by atoms with E-state index in [0.717, 1.165) is 33.8 Å². The number of H-pyrrole nitrogens is 1. The maximum absolute atomic E-state index is 11.6. The number of hydrogen-bond acceptors (Lipinski definition) is 5. The number of nitrogens with zero attached hydrogens (tertiary/aromatic N) is 1. The van der Waals surface area contributed by atoms with E-state index in [2.05, 4.69) is 20.6 Å². The Bertz CT molecular complexity index is 1230. The summed E-state index contributed by atoms with van der Waals surface area (Å²) >= 11 is 5.90. The lowest BCUT2D eigenvalue weighted by atomic mass is 10.0. The maximum atomic E-state index is 11.6. The number of fused-ring (bicyclic) bond motifs is 1. The summed E-state index contributed by atoms with van der Waals surface area (Å²) in [5.74, 6) is 1.72. The van der Waals surface area contributed by atoms with Crippen molar-refractivity contribution in [1.29, 1.82) is 0 Å². The molecule has 7 nitrogen and oxygen atoms in total. The number of anilines is 2. The number of halogens is 1. The van der Waals surface area contributed by atoms with Gasteiger partial charge in [-0.25, -0.2) is 4.98 Å². The standard InChI is InChI=1S/C24H24ClN5O2/c1-24(2,22(26)31)30-17-7-12-20-21(13-17)29-23(28-20)27-14-15-3-8-18(9-4-15)32-19-10-5-16(25)6-11-19/h3-13,30H,14H2,1-2H3,(H2,26,31)(H2,27,28,29). The van der Waals surface area contributed by atoms with E-state index in [0.29, 0.717) is 17.5 Å². The molecule has 0 saturated heterocycles. The first-order valence-corrected chi connectivity index (χ1v) is 10.5. The first-order chi connectivity index (χ1) is 15.3. The summed E-state index contributed by atoms with van der Waals surface area (Å²) in [4.78, 5) is 19.4. The molecular formula is C24H24ClN5O2. The molecular weight excluding hydrogens is 426 g/mol. The van der Waals surface area contributed by atoms with Crippen LogP contribution in [0.15, 0.2) is 66.7 Å². The number of nitrogens with two attached hydrogens (primary N) is 1. The Morgan fingerprint density at radius 2 is 1.72 bits per heavy atom. The van der Waals surface area contributed by atoms with Crippen molar-refractivity contribution in [2.75, 3.05) is 10.6 Å². The van der Waals surface area contributed by atoms with Crippen molar-refractivity contribution >= 4 is 40.2 Å². The summed E-state index contributed by atoms with van der Waals surface area (Å²) in [6, 6.07) is 20.7. The number of aromatic amines is 1. The molecule has 0 fully saturated rings. The van der Waals surface area contributed by atoms with Crippen LogP contribution in [0, 0.1) is 0 Å². The highest BCUT2D eigenvalue weighted by molar-refractivity contribution is 6.30. The van der Waals surface area contributed by atoms with Gasteiger partial charge < -0.3 is 26.1 Å². The third kappa shape index (κ3) is 5.12. The van der Waals surface area contributed by atoms with Crippen LogP contribution in [0.1, 0.15) is 19.4 Å². The Kier molecular flexibility index (Phi) is 5.92. The maximum Gasteiger partial charge on any atom is 0.242 e. The number of ether oxygens (including phenoxy) is 1. The topological polar surface area (TPSA) is 105 Å². The van der Waals surface area contributed by atoms with Crippen molar-refractivity contribution in [3.05, 3.63) is 77.3 Å². The van der Waals surface area contributed by atoms with Gasteiger partial charge >= 0.3 is 0 Å². The molecule has 8 heteroatoms. The molecule has 5 N–H and O–H groups in total. The third-order valence-electron chi connectivity index (χ3n) is 4.99. The van der Waals surface area contributed by atoms with Crippen molar-refractivity contribution in [1.82, 2.24) is 9.97 Å². The van der Waals surface area contributed by atoms with Gasteiger partial charge in [-0.1, -0.05) is 23.7 Å². The number of carbonyl (C=O) groups is 1. The van der Waals surface area contributed by atoms with Crippen LogP contribution >= 0.6 is 11.6 Å². The molecule has 0 saturated carbocycles. The Labute approximate surface area is 190 Å². The number of amides is 1. The van der Waals surface area contributed by atoms with Gasteiger partial charge in [-0.2, -0.15) is 0 Å². The van der Waals surface area contributed by atoms with Crippen LogP contribution in [0.4, 0.5) is 11.6 Å². The molecule has 32 heavy (non-hydrogen) atoms. The van der Waals surface area contributed by atoms with Crippen molar-refractivity contribution in [3.63, 3.8) is 0 Å². The number of rotatable bonds is 8. The number of primary amides is 1. The highest BCUT2D eigenvalue weighted by atomic mass is 35.5. The summed E-state index contributed by atoms with van der Waals surface area (Å²) in [7, 11) is 0. The molecule has 0 aliphatic rings. The third-order valence-corrected chi connectivity index (χ3v) is 5.24. The van der Waals surface area contributed by atoms with Crippen LogP contribution in [0.25, 0.3) is 11.0 Å². The Balaban J connectivity index is 1.38. The van der Waals surface area contributed by atoms with Crippen LogP contribution in [0.3, 0.4) is 0 Å². The first kappa shape index (κ1) is 21.5. The van der Waals surface area contributed by atoms with Crippen LogP contribution < -0.4 is 21.1 Å². The molecule has 0 bridgehead atoms. The van der Waals surface area contributed by atoms with E-state index >= 15 is 0 Å². The Hall–Kier alpha value is -3.71. The SMILES string of the molecule is CC(C)(Nc1ccc2nc(NCc3ccc(Oc4ccc(Cl)cc4)cc3)[nH]c2c1)C(N)=O. The van der Waals surface area contributed by atoms with Gasteiger partial charge in [0.05, 0.1) is 11.0 Å². The molecule has 0 unspecified atom stereocenters. The van der Waals surface area contributed by atoms with E-state index < -0.39 is 11.4 Å². The molecule has 0 spiro atoms. The van der Waals surface area contributed by atoms with Crippen molar-refractivity contribution in [3.8, 4) is 11.5 Å². The monoisotopic (exact) mass is 449 g/mol. The number of imidazole rings is 1. The van der Waals surface area contributed by atoms with Crippen molar-refractivity contribution < 1.29 is 9.53 Å². The predicted octanol–water partition coefficient (Wildman–Crippen LogP) is 5.30. The summed E-state index contributed by atoms with van der Waals surface area (Å²) in [5, 5.41) is 7.11. The molecule has 1 amide bonds. The van der Waals surface area contributed by atoms with Crippen LogP contribution in [0.2, 0.25) is 5.02 Å². The second kappa shape index (κ2) is 8.80. The van der Waals surface area contributed by atoms with Gasteiger partial charge in [0.2, 0.25) is 11.9 Å². The Morgan fingerprint density at radius 1 is 1.06 bits per heavy atom. The molecule has 0 radical (unpaired) electrons. The molecule has 1 aromatic heterocycles. The fourth-order valence-corrected chi connectivity index (χ4v) is 3.22. The van der Waals surface area contributed by atoms with Crippen LogP contribution in [-0.2, 0) is 11.3 Å². The zero-order chi connectivity index (χ0) is 22.7. The van der Waals surface area contributed by atoms with Gasteiger partial charge in [0.15, 0.2) is 0 Å². The molecule has 164 valence electrons. The zero-order valence-corrected chi connectivity index (χ0v) is 18.5. The minimum atomic E-state index is -0.849. The second-order valence-corrected chi connectivity index (χ2v) is 8.42. The quantitative estimate of drug-likeness (QED) is 0.292. The lowest BCUT2D eigenvalue weighted by molar-refractivity contribution is -0.121. The number of aromatic nitrogens is 2. The second-order valence-electron chi connectivity index (χ2n) is 7.99. The van der Waals surface area contributed by atoms with Gasteiger partial charge in [-0.05, 0) is 74.0 Å². The van der Waals surface area contributed by atoms with E-state index in [-0.39, 0.29) is 0 Å². The summed E-state index contributed by atoms with van der Waals surface area (Å²) in [6.45, 7) is 4.08. The highest BCUT2D eigenvalue weighted by Gasteiger charge is 2.24. The number of benzene rings is 3. The largest absolute Gasteiger partial charge is 0.457 e. The van der Waals surface area contributed by atoms with Crippen molar-refractivity contribution in [2.45, 2.75) is 25.9 Å². The number of hydrogen-bond donors (Lipinski definition) is 4. The fourth-order valence-electron chi connectivity index (χ4n) is 3.09. The molecule has 3 aromatic carbocycles. The van der Waals surface area contributed by atoms with Gasteiger partial charge in [-0.3, -0.25) is 4.79 Å². The van der Waals surface area contributed by atoms with E-state index in [4.69, 9.17) is 22.1 Å². The minimum Gasteiger partial charge on any atom is -0.457 e. The van der Waals surface area contributed by atoms with Crippen LogP contribution in [-0.4, -0.2) is 21.4 Å². The molecule has 4 aromatic rings. The van der Waals surface area contributed by atoms with E-state index in [1.165, 1.54) is 0 Å². The number of carbonyl (C=O) groups excluding carboxylic acids is 1. The molecule has 0 atom stereocenters. The average Bonchev–Trinajstić information content (AvgIpc) is 3.17. The average molecular weight is 450 g/mol. The predicted molar refractivity (Wildman–Crippen MR) is 128 cm³/mol. The minimum absolute atomic E-state index is 0.422. The van der Waals surface area contributed by atoms with Crippen LogP contribution in [0.5, 0.6) is 11.5 Å². The number of nitrogens with one attached hydrogen (secondary N) is 3. The summed E-state index contributed by atoms with van der Waals surface area (Å²) < 4.78 is 5.82. The van der Waals surface area contributed by atoms with Gasteiger partial charge in [-0.15, -0.1) is 0 Å². The lowest BCUT2D eigenvalue weighted by Crippen LogP contribution is -2.44. The molecule has 0 aliphatic carbocycles. The summed E-state index contributed by atoms with van der Waals surface area (Å²) in [6.07, 6.45) is 0. The molecule has 0 aliphatic heterocycles. The van der Waals surface area contributed by atoms with Gasteiger partial charge in [0, 0.05) is 17.3 Å².